The average Bonchev–Trinajstić information content (AvgIpc) is 2.57. The van der Waals surface area contributed by atoms with Crippen molar-refractivity contribution in [1.29, 1.82) is 0 Å². The number of benzene rings is 2. The van der Waals surface area contributed by atoms with Crippen molar-refractivity contribution < 1.29 is 9.59 Å². The van der Waals surface area contributed by atoms with Gasteiger partial charge in [-0.15, -0.1) is 0 Å². The maximum Gasteiger partial charge on any atom is 0.329 e. The van der Waals surface area contributed by atoms with Crippen LogP contribution in [0, 0.1) is 0 Å². The van der Waals surface area contributed by atoms with Gasteiger partial charge in [0.25, 0.3) is 0 Å². The molecule has 0 aliphatic rings. The van der Waals surface area contributed by atoms with Crippen molar-refractivity contribution in [2.24, 2.45) is 5.10 Å². The third kappa shape index (κ3) is 5.23. The number of amides is 2. The highest BCUT2D eigenvalue weighted by atomic mass is 35.5. The lowest BCUT2D eigenvalue weighted by molar-refractivity contribution is -0.136. The standard InChI is InChI=1S/C17H16ClN3O2/c1-2-12-3-5-13(6-4-12)11-19-21-17(23)16(22)20-15-9-7-14(18)8-10-15/h3-11H,2H2,1H3,(H,20,22)(H,21,23)/b19-11+. The minimum absolute atomic E-state index is 0.480. The number of hydrogen-bond acceptors (Lipinski definition) is 3. The van der Waals surface area contributed by atoms with Gasteiger partial charge in [-0.25, -0.2) is 5.43 Å². The SMILES string of the molecule is CCc1ccc(/C=N/NC(=O)C(=O)Nc2ccc(Cl)cc2)cc1. The van der Waals surface area contributed by atoms with E-state index < -0.39 is 11.8 Å². The predicted molar refractivity (Wildman–Crippen MR) is 91.6 cm³/mol. The van der Waals surface area contributed by atoms with E-state index in [0.29, 0.717) is 10.7 Å². The largest absolute Gasteiger partial charge is 0.329 e. The van der Waals surface area contributed by atoms with E-state index in [9.17, 15) is 9.59 Å². The fourth-order valence-electron chi connectivity index (χ4n) is 1.78. The first-order chi connectivity index (χ1) is 11.1. The quantitative estimate of drug-likeness (QED) is 0.514. The Kier molecular flexibility index (Phi) is 5.88. The molecule has 2 aromatic carbocycles. The molecule has 0 unspecified atom stereocenters. The van der Waals surface area contributed by atoms with Gasteiger partial charge in [-0.05, 0) is 41.8 Å². The van der Waals surface area contributed by atoms with Gasteiger partial charge in [-0.3, -0.25) is 9.59 Å². The fourth-order valence-corrected chi connectivity index (χ4v) is 1.90. The number of halogens is 1. The van der Waals surface area contributed by atoms with E-state index in [1.807, 2.05) is 24.3 Å². The van der Waals surface area contributed by atoms with Crippen LogP contribution >= 0.6 is 11.6 Å². The van der Waals surface area contributed by atoms with E-state index >= 15 is 0 Å². The van der Waals surface area contributed by atoms with Gasteiger partial charge in [-0.1, -0.05) is 42.8 Å². The maximum absolute atomic E-state index is 11.7. The minimum atomic E-state index is -0.846. The molecule has 0 radical (unpaired) electrons. The Morgan fingerprint density at radius 2 is 1.70 bits per heavy atom. The number of rotatable bonds is 4. The van der Waals surface area contributed by atoms with E-state index in [0.717, 1.165) is 12.0 Å². The van der Waals surface area contributed by atoms with Gasteiger partial charge in [0.15, 0.2) is 0 Å². The number of anilines is 1. The molecule has 2 amide bonds. The van der Waals surface area contributed by atoms with Crippen molar-refractivity contribution in [2.45, 2.75) is 13.3 Å². The number of carbonyl (C=O) groups is 2. The van der Waals surface area contributed by atoms with E-state index in [4.69, 9.17) is 11.6 Å². The first-order valence-electron chi connectivity index (χ1n) is 7.07. The maximum atomic E-state index is 11.7. The van der Waals surface area contributed by atoms with Crippen molar-refractivity contribution in [3.63, 3.8) is 0 Å². The highest BCUT2D eigenvalue weighted by Crippen LogP contribution is 2.13. The molecule has 0 aliphatic heterocycles. The zero-order valence-corrected chi connectivity index (χ0v) is 13.3. The summed E-state index contributed by atoms with van der Waals surface area (Å²) in [4.78, 5) is 23.3. The molecular weight excluding hydrogens is 314 g/mol. The summed E-state index contributed by atoms with van der Waals surface area (Å²) in [6.07, 6.45) is 2.44. The third-order valence-corrected chi connectivity index (χ3v) is 3.33. The van der Waals surface area contributed by atoms with Gasteiger partial charge in [0.2, 0.25) is 0 Å². The van der Waals surface area contributed by atoms with Crippen LogP contribution in [-0.2, 0) is 16.0 Å². The molecule has 0 spiro atoms. The van der Waals surface area contributed by atoms with Crippen LogP contribution < -0.4 is 10.7 Å². The summed E-state index contributed by atoms with van der Waals surface area (Å²) in [7, 11) is 0. The van der Waals surface area contributed by atoms with Crippen LogP contribution in [0.1, 0.15) is 18.1 Å². The molecule has 23 heavy (non-hydrogen) atoms. The van der Waals surface area contributed by atoms with Gasteiger partial charge in [0.1, 0.15) is 0 Å². The third-order valence-electron chi connectivity index (χ3n) is 3.08. The number of hydrogen-bond donors (Lipinski definition) is 2. The number of hydrazone groups is 1. The lowest BCUT2D eigenvalue weighted by atomic mass is 10.1. The molecule has 0 atom stereocenters. The molecule has 0 saturated carbocycles. The molecule has 118 valence electrons. The van der Waals surface area contributed by atoms with Gasteiger partial charge in [0, 0.05) is 10.7 Å². The van der Waals surface area contributed by atoms with Crippen LogP contribution in [-0.4, -0.2) is 18.0 Å². The Hall–Kier alpha value is -2.66. The highest BCUT2D eigenvalue weighted by Gasteiger charge is 2.12. The molecule has 2 N–H and O–H groups in total. The van der Waals surface area contributed by atoms with Crippen LogP contribution in [0.15, 0.2) is 53.6 Å². The summed E-state index contributed by atoms with van der Waals surface area (Å²) in [5.74, 6) is -1.65. The van der Waals surface area contributed by atoms with Gasteiger partial charge in [0.05, 0.1) is 6.21 Å². The first kappa shape index (κ1) is 16.7. The number of carbonyl (C=O) groups excluding carboxylic acids is 2. The number of aryl methyl sites for hydroxylation is 1. The van der Waals surface area contributed by atoms with E-state index in [-0.39, 0.29) is 0 Å². The van der Waals surface area contributed by atoms with Crippen LogP contribution in [0.25, 0.3) is 0 Å². The molecule has 0 aromatic heterocycles. The molecule has 0 saturated heterocycles. The monoisotopic (exact) mass is 329 g/mol. The van der Waals surface area contributed by atoms with Gasteiger partial charge in [-0.2, -0.15) is 5.10 Å². The Balaban J connectivity index is 1.86. The normalized spacial score (nSPS) is 10.5. The molecule has 6 heteroatoms. The minimum Gasteiger partial charge on any atom is -0.318 e. The number of nitrogens with zero attached hydrogens (tertiary/aromatic N) is 1. The lowest BCUT2D eigenvalue weighted by Crippen LogP contribution is -2.32. The second-order valence-electron chi connectivity index (χ2n) is 4.76. The topological polar surface area (TPSA) is 70.6 Å². The second-order valence-corrected chi connectivity index (χ2v) is 5.19. The summed E-state index contributed by atoms with van der Waals surface area (Å²) >= 11 is 5.75. The van der Waals surface area contributed by atoms with Crippen LogP contribution in [0.2, 0.25) is 5.02 Å². The van der Waals surface area contributed by atoms with Gasteiger partial charge >= 0.3 is 11.8 Å². The summed E-state index contributed by atoms with van der Waals surface area (Å²) in [5, 5.41) is 6.76. The Bertz CT molecular complexity index is 710. The van der Waals surface area contributed by atoms with Crippen molar-refractivity contribution in [2.75, 3.05) is 5.32 Å². The molecular formula is C17H16ClN3O2. The highest BCUT2D eigenvalue weighted by molar-refractivity contribution is 6.39. The first-order valence-corrected chi connectivity index (χ1v) is 7.45. The summed E-state index contributed by atoms with van der Waals surface area (Å²) in [6, 6.07) is 14.2. The number of nitrogens with one attached hydrogen (secondary N) is 2. The lowest BCUT2D eigenvalue weighted by Gasteiger charge is -2.03. The van der Waals surface area contributed by atoms with E-state index in [1.54, 1.807) is 24.3 Å². The van der Waals surface area contributed by atoms with Crippen molar-refractivity contribution in [3.05, 3.63) is 64.7 Å². The zero-order valence-electron chi connectivity index (χ0n) is 12.5. The smallest absolute Gasteiger partial charge is 0.318 e. The van der Waals surface area contributed by atoms with Crippen molar-refractivity contribution in [3.8, 4) is 0 Å². The molecule has 0 heterocycles. The Morgan fingerprint density at radius 3 is 2.30 bits per heavy atom. The van der Waals surface area contributed by atoms with E-state index in [1.165, 1.54) is 11.8 Å². The molecule has 0 bridgehead atoms. The molecule has 0 aliphatic carbocycles. The molecule has 5 nitrogen and oxygen atoms in total. The average molecular weight is 330 g/mol. The summed E-state index contributed by atoms with van der Waals surface area (Å²) in [6.45, 7) is 2.07. The van der Waals surface area contributed by atoms with Crippen LogP contribution in [0.3, 0.4) is 0 Å². The van der Waals surface area contributed by atoms with Gasteiger partial charge < -0.3 is 5.32 Å². The molecule has 2 aromatic rings. The fraction of sp³-hybridized carbons (Fsp3) is 0.118. The van der Waals surface area contributed by atoms with E-state index in [2.05, 4.69) is 22.8 Å². The molecule has 0 fully saturated rings. The summed E-state index contributed by atoms with van der Waals surface area (Å²) < 4.78 is 0. The predicted octanol–water partition coefficient (Wildman–Crippen LogP) is 2.99. The van der Waals surface area contributed by atoms with Crippen molar-refractivity contribution >= 4 is 35.3 Å². The second kappa shape index (κ2) is 8.10. The Morgan fingerprint density at radius 1 is 1.04 bits per heavy atom. The Labute approximate surface area is 139 Å². The zero-order chi connectivity index (χ0) is 16.7. The van der Waals surface area contributed by atoms with Crippen LogP contribution in [0.4, 0.5) is 5.69 Å². The van der Waals surface area contributed by atoms with Crippen LogP contribution in [0.5, 0.6) is 0 Å². The van der Waals surface area contributed by atoms with Crippen molar-refractivity contribution in [1.82, 2.24) is 5.43 Å². The summed E-state index contributed by atoms with van der Waals surface area (Å²) in [5.41, 5.74) is 4.71. The molecule has 2 rings (SSSR count).